The number of rotatable bonds is 6. The van der Waals surface area contributed by atoms with Gasteiger partial charge in [0.2, 0.25) is 5.91 Å². The third kappa shape index (κ3) is 5.74. The Hall–Kier alpha value is -2.08. The van der Waals surface area contributed by atoms with E-state index in [9.17, 15) is 4.79 Å². The number of guanidine groups is 1. The SMILES string of the molecule is CCC(=O)N1CCC(NC(=NC)NCc2ccccc2CN(C)C)C1. The Morgan fingerprint density at radius 2 is 2.04 bits per heavy atom. The van der Waals surface area contributed by atoms with Crippen molar-refractivity contribution in [3.63, 3.8) is 0 Å². The highest BCUT2D eigenvalue weighted by atomic mass is 16.2. The minimum Gasteiger partial charge on any atom is -0.352 e. The lowest BCUT2D eigenvalue weighted by molar-refractivity contribution is -0.129. The van der Waals surface area contributed by atoms with E-state index in [1.54, 1.807) is 7.05 Å². The second kappa shape index (κ2) is 9.42. The monoisotopic (exact) mass is 345 g/mol. The quantitative estimate of drug-likeness (QED) is 0.605. The highest BCUT2D eigenvalue weighted by molar-refractivity contribution is 5.80. The lowest BCUT2D eigenvalue weighted by Gasteiger charge is -2.20. The van der Waals surface area contributed by atoms with Crippen LogP contribution >= 0.6 is 0 Å². The van der Waals surface area contributed by atoms with Crippen LogP contribution in [0.3, 0.4) is 0 Å². The van der Waals surface area contributed by atoms with Crippen molar-refractivity contribution >= 4 is 11.9 Å². The van der Waals surface area contributed by atoms with E-state index in [2.05, 4.69) is 58.9 Å². The van der Waals surface area contributed by atoms with Gasteiger partial charge in [0.25, 0.3) is 0 Å². The van der Waals surface area contributed by atoms with Crippen molar-refractivity contribution in [1.29, 1.82) is 0 Å². The first-order valence-corrected chi connectivity index (χ1v) is 9.00. The third-order valence-electron chi connectivity index (χ3n) is 4.46. The van der Waals surface area contributed by atoms with E-state index in [4.69, 9.17) is 0 Å². The number of benzene rings is 1. The molecule has 1 aromatic carbocycles. The van der Waals surface area contributed by atoms with Gasteiger partial charge in [-0.15, -0.1) is 0 Å². The average molecular weight is 345 g/mol. The molecule has 2 N–H and O–H groups in total. The van der Waals surface area contributed by atoms with Crippen molar-refractivity contribution in [3.8, 4) is 0 Å². The van der Waals surface area contributed by atoms with Gasteiger partial charge in [-0.3, -0.25) is 9.79 Å². The zero-order chi connectivity index (χ0) is 18.2. The molecule has 1 aliphatic rings. The number of nitrogens with zero attached hydrogens (tertiary/aromatic N) is 3. The van der Waals surface area contributed by atoms with Gasteiger partial charge in [-0.05, 0) is 31.6 Å². The molecule has 1 heterocycles. The fourth-order valence-corrected chi connectivity index (χ4v) is 3.12. The molecular weight excluding hydrogens is 314 g/mol. The molecule has 138 valence electrons. The molecule has 0 aromatic heterocycles. The average Bonchev–Trinajstić information content (AvgIpc) is 3.07. The molecule has 1 atom stereocenters. The van der Waals surface area contributed by atoms with Gasteiger partial charge in [-0.2, -0.15) is 0 Å². The lowest BCUT2D eigenvalue weighted by atomic mass is 10.1. The van der Waals surface area contributed by atoms with E-state index >= 15 is 0 Å². The van der Waals surface area contributed by atoms with Crippen molar-refractivity contribution < 1.29 is 4.79 Å². The number of aliphatic imine (C=N–C) groups is 1. The molecule has 1 fully saturated rings. The molecular formula is C19H31N5O. The summed E-state index contributed by atoms with van der Waals surface area (Å²) in [6, 6.07) is 8.72. The minimum atomic E-state index is 0.227. The Morgan fingerprint density at radius 1 is 1.32 bits per heavy atom. The molecule has 1 amide bonds. The number of hydrogen-bond acceptors (Lipinski definition) is 3. The molecule has 1 unspecified atom stereocenters. The maximum Gasteiger partial charge on any atom is 0.222 e. The summed E-state index contributed by atoms with van der Waals surface area (Å²) in [5.41, 5.74) is 2.59. The summed E-state index contributed by atoms with van der Waals surface area (Å²) in [6.45, 7) is 5.14. The summed E-state index contributed by atoms with van der Waals surface area (Å²) < 4.78 is 0. The van der Waals surface area contributed by atoms with Crippen molar-refractivity contribution in [2.75, 3.05) is 34.2 Å². The van der Waals surface area contributed by atoms with E-state index in [-0.39, 0.29) is 11.9 Å². The van der Waals surface area contributed by atoms with E-state index in [0.717, 1.165) is 38.6 Å². The van der Waals surface area contributed by atoms with Crippen LogP contribution in [0.2, 0.25) is 0 Å². The van der Waals surface area contributed by atoms with Crippen molar-refractivity contribution in [1.82, 2.24) is 20.4 Å². The number of likely N-dealkylation sites (tertiary alicyclic amines) is 1. The summed E-state index contributed by atoms with van der Waals surface area (Å²) in [4.78, 5) is 20.2. The maximum absolute atomic E-state index is 11.8. The second-order valence-electron chi connectivity index (χ2n) is 6.76. The van der Waals surface area contributed by atoms with Crippen LogP contribution < -0.4 is 10.6 Å². The Bertz CT molecular complexity index is 599. The second-order valence-corrected chi connectivity index (χ2v) is 6.76. The van der Waals surface area contributed by atoms with Gasteiger partial charge in [0, 0.05) is 45.7 Å². The lowest BCUT2D eigenvalue weighted by Crippen LogP contribution is -2.44. The molecule has 6 nitrogen and oxygen atoms in total. The molecule has 0 aliphatic carbocycles. The first-order chi connectivity index (χ1) is 12.0. The van der Waals surface area contributed by atoms with Gasteiger partial charge >= 0.3 is 0 Å². The van der Waals surface area contributed by atoms with Crippen LogP contribution in [0, 0.1) is 0 Å². The van der Waals surface area contributed by atoms with Gasteiger partial charge < -0.3 is 20.4 Å². The van der Waals surface area contributed by atoms with Crippen LogP contribution in [0.25, 0.3) is 0 Å². The van der Waals surface area contributed by atoms with E-state index in [1.807, 2.05) is 11.8 Å². The first kappa shape index (κ1) is 19.2. The Balaban J connectivity index is 1.88. The van der Waals surface area contributed by atoms with Crippen molar-refractivity contribution in [2.24, 2.45) is 4.99 Å². The van der Waals surface area contributed by atoms with Gasteiger partial charge in [0.15, 0.2) is 5.96 Å². The predicted molar refractivity (Wildman–Crippen MR) is 102 cm³/mol. The largest absolute Gasteiger partial charge is 0.352 e. The fraction of sp³-hybridized carbons (Fsp3) is 0.579. The van der Waals surface area contributed by atoms with Crippen LogP contribution in [-0.2, 0) is 17.9 Å². The molecule has 0 spiro atoms. The Morgan fingerprint density at radius 3 is 2.68 bits per heavy atom. The normalized spacial score (nSPS) is 17.9. The zero-order valence-corrected chi connectivity index (χ0v) is 15.9. The highest BCUT2D eigenvalue weighted by Crippen LogP contribution is 2.12. The molecule has 1 aliphatic heterocycles. The molecule has 0 saturated carbocycles. The number of carbonyl (C=O) groups excluding carboxylic acids is 1. The standard InChI is InChI=1S/C19H31N5O/c1-5-18(25)24-11-10-17(14-24)22-19(20-2)21-12-15-8-6-7-9-16(15)13-23(3)4/h6-9,17H,5,10-14H2,1-4H3,(H2,20,21,22). The predicted octanol–water partition coefficient (Wildman–Crippen LogP) is 1.42. The van der Waals surface area contributed by atoms with Crippen LogP contribution in [-0.4, -0.2) is 61.9 Å². The fourth-order valence-electron chi connectivity index (χ4n) is 3.12. The van der Waals surface area contributed by atoms with E-state index in [1.165, 1.54) is 11.1 Å². The summed E-state index contributed by atoms with van der Waals surface area (Å²) in [5, 5.41) is 6.84. The molecule has 6 heteroatoms. The van der Waals surface area contributed by atoms with Crippen LogP contribution in [0.1, 0.15) is 30.9 Å². The number of hydrogen-bond donors (Lipinski definition) is 2. The van der Waals surface area contributed by atoms with Gasteiger partial charge in [0.05, 0.1) is 0 Å². The zero-order valence-electron chi connectivity index (χ0n) is 15.9. The Kier molecular flexibility index (Phi) is 7.25. The molecule has 2 rings (SSSR count). The molecule has 25 heavy (non-hydrogen) atoms. The number of amides is 1. The molecule has 0 radical (unpaired) electrons. The van der Waals surface area contributed by atoms with Crippen LogP contribution in [0.4, 0.5) is 0 Å². The summed E-state index contributed by atoms with van der Waals surface area (Å²) in [6.07, 6.45) is 1.53. The van der Waals surface area contributed by atoms with Gasteiger partial charge in [0.1, 0.15) is 0 Å². The third-order valence-corrected chi connectivity index (χ3v) is 4.46. The molecule has 1 saturated heterocycles. The van der Waals surface area contributed by atoms with Crippen LogP contribution in [0.15, 0.2) is 29.3 Å². The Labute approximate surface area is 151 Å². The summed E-state index contributed by atoms with van der Waals surface area (Å²) >= 11 is 0. The van der Waals surface area contributed by atoms with Crippen molar-refractivity contribution in [2.45, 2.75) is 38.9 Å². The minimum absolute atomic E-state index is 0.227. The van der Waals surface area contributed by atoms with Gasteiger partial charge in [-0.1, -0.05) is 31.2 Å². The van der Waals surface area contributed by atoms with E-state index in [0.29, 0.717) is 6.42 Å². The first-order valence-electron chi connectivity index (χ1n) is 9.00. The molecule has 0 bridgehead atoms. The maximum atomic E-state index is 11.8. The summed E-state index contributed by atoms with van der Waals surface area (Å²) in [7, 11) is 5.94. The number of carbonyl (C=O) groups is 1. The smallest absolute Gasteiger partial charge is 0.222 e. The summed E-state index contributed by atoms with van der Waals surface area (Å²) in [5.74, 6) is 1.01. The van der Waals surface area contributed by atoms with Gasteiger partial charge in [-0.25, -0.2) is 0 Å². The molecule has 1 aromatic rings. The topological polar surface area (TPSA) is 60.0 Å². The number of nitrogens with one attached hydrogen (secondary N) is 2. The van der Waals surface area contributed by atoms with Crippen LogP contribution in [0.5, 0.6) is 0 Å². The van der Waals surface area contributed by atoms with Crippen molar-refractivity contribution in [3.05, 3.63) is 35.4 Å². The highest BCUT2D eigenvalue weighted by Gasteiger charge is 2.25. The van der Waals surface area contributed by atoms with E-state index < -0.39 is 0 Å².